The second-order valence-corrected chi connectivity index (χ2v) is 6.85. The van der Waals surface area contributed by atoms with Gasteiger partial charge >= 0.3 is 0 Å². The van der Waals surface area contributed by atoms with Crippen LogP contribution in [0.2, 0.25) is 5.02 Å². The van der Waals surface area contributed by atoms with Crippen LogP contribution in [0.5, 0.6) is 0 Å². The zero-order valence-corrected chi connectivity index (χ0v) is 12.2. The number of halogens is 1. The molecule has 1 N–H and O–H groups in total. The zero-order chi connectivity index (χ0) is 12.8. The van der Waals surface area contributed by atoms with E-state index in [0.29, 0.717) is 0 Å². The van der Waals surface area contributed by atoms with Crippen molar-refractivity contribution in [3.8, 4) is 0 Å². The molecule has 1 aromatic carbocycles. The van der Waals surface area contributed by atoms with Gasteiger partial charge in [0, 0.05) is 16.0 Å². The minimum atomic E-state index is -0.238. The Bertz CT molecular complexity index is 346. The summed E-state index contributed by atoms with van der Waals surface area (Å²) in [6.07, 6.45) is 7.28. The van der Waals surface area contributed by atoms with Crippen LogP contribution in [-0.2, 0) is 6.42 Å². The van der Waals surface area contributed by atoms with Crippen molar-refractivity contribution in [1.29, 1.82) is 0 Å². The SMILES string of the molecule is OC(CSC1CCCCC1)Cc1ccc(Cl)cc1. The van der Waals surface area contributed by atoms with Crippen LogP contribution >= 0.6 is 23.4 Å². The lowest BCUT2D eigenvalue weighted by molar-refractivity contribution is 0.200. The predicted octanol–water partition coefficient (Wildman–Crippen LogP) is 4.31. The normalized spacial score (nSPS) is 18.8. The third-order valence-electron chi connectivity index (χ3n) is 3.46. The van der Waals surface area contributed by atoms with Gasteiger partial charge in [-0.05, 0) is 37.0 Å². The fraction of sp³-hybridized carbons (Fsp3) is 0.600. The first-order chi connectivity index (χ1) is 8.74. The molecule has 100 valence electrons. The summed E-state index contributed by atoms with van der Waals surface area (Å²) in [5.41, 5.74) is 1.16. The fourth-order valence-corrected chi connectivity index (χ4v) is 3.84. The lowest BCUT2D eigenvalue weighted by Gasteiger charge is -2.22. The number of thioether (sulfide) groups is 1. The van der Waals surface area contributed by atoms with Crippen molar-refractivity contribution in [2.24, 2.45) is 0 Å². The summed E-state index contributed by atoms with van der Waals surface area (Å²) in [6.45, 7) is 0. The molecule has 3 heteroatoms. The molecule has 1 aliphatic rings. The lowest BCUT2D eigenvalue weighted by Crippen LogP contribution is -2.17. The largest absolute Gasteiger partial charge is 0.392 e. The number of rotatable bonds is 5. The molecule has 0 aliphatic heterocycles. The van der Waals surface area contributed by atoms with Crippen molar-refractivity contribution in [3.63, 3.8) is 0 Å². The van der Waals surface area contributed by atoms with Crippen molar-refractivity contribution >= 4 is 23.4 Å². The molecule has 1 fully saturated rings. The van der Waals surface area contributed by atoms with Gasteiger partial charge in [0.05, 0.1) is 6.10 Å². The Morgan fingerprint density at radius 2 is 1.83 bits per heavy atom. The molecular weight excluding hydrogens is 264 g/mol. The molecule has 0 bridgehead atoms. The average molecular weight is 285 g/mol. The molecular formula is C15H21ClOS. The molecule has 0 spiro atoms. The van der Waals surface area contributed by atoms with Gasteiger partial charge in [0.2, 0.25) is 0 Å². The van der Waals surface area contributed by atoms with E-state index in [-0.39, 0.29) is 6.10 Å². The molecule has 1 nitrogen and oxygen atoms in total. The molecule has 1 saturated carbocycles. The van der Waals surface area contributed by atoms with Gasteiger partial charge in [-0.3, -0.25) is 0 Å². The molecule has 1 atom stereocenters. The van der Waals surface area contributed by atoms with E-state index in [0.717, 1.165) is 28.0 Å². The molecule has 1 aromatic rings. The van der Waals surface area contributed by atoms with Gasteiger partial charge in [-0.1, -0.05) is 43.0 Å². The second kappa shape index (κ2) is 7.42. The molecule has 18 heavy (non-hydrogen) atoms. The van der Waals surface area contributed by atoms with Crippen LogP contribution in [0.25, 0.3) is 0 Å². The molecule has 0 amide bonds. The summed E-state index contributed by atoms with van der Waals surface area (Å²) >= 11 is 7.80. The number of hydrogen-bond acceptors (Lipinski definition) is 2. The molecule has 0 aromatic heterocycles. The first-order valence-corrected chi connectivity index (χ1v) is 8.21. The Morgan fingerprint density at radius 1 is 1.17 bits per heavy atom. The summed E-state index contributed by atoms with van der Waals surface area (Å²) in [7, 11) is 0. The summed E-state index contributed by atoms with van der Waals surface area (Å²) in [4.78, 5) is 0. The van der Waals surface area contributed by atoms with Crippen LogP contribution in [0.4, 0.5) is 0 Å². The topological polar surface area (TPSA) is 20.2 Å². The van der Waals surface area contributed by atoms with Crippen molar-refractivity contribution in [2.75, 3.05) is 5.75 Å². The van der Waals surface area contributed by atoms with Gasteiger partial charge in [-0.25, -0.2) is 0 Å². The predicted molar refractivity (Wildman–Crippen MR) is 80.5 cm³/mol. The first-order valence-electron chi connectivity index (χ1n) is 6.78. The van der Waals surface area contributed by atoms with Gasteiger partial charge in [-0.15, -0.1) is 0 Å². The number of aliphatic hydroxyl groups is 1. The van der Waals surface area contributed by atoms with E-state index in [4.69, 9.17) is 11.6 Å². The maximum absolute atomic E-state index is 10.0. The van der Waals surface area contributed by atoms with Crippen molar-refractivity contribution in [2.45, 2.75) is 49.9 Å². The zero-order valence-electron chi connectivity index (χ0n) is 10.6. The highest BCUT2D eigenvalue weighted by atomic mass is 35.5. The third kappa shape index (κ3) is 4.83. The van der Waals surface area contributed by atoms with Crippen LogP contribution in [0.15, 0.2) is 24.3 Å². The summed E-state index contributed by atoms with van der Waals surface area (Å²) < 4.78 is 0. The first kappa shape index (κ1) is 14.2. The van der Waals surface area contributed by atoms with Crippen LogP contribution < -0.4 is 0 Å². The Labute approximate surface area is 119 Å². The van der Waals surface area contributed by atoms with E-state index in [9.17, 15) is 5.11 Å². The lowest BCUT2D eigenvalue weighted by atomic mass is 10.0. The molecule has 0 saturated heterocycles. The number of hydrogen-bond donors (Lipinski definition) is 1. The quantitative estimate of drug-likeness (QED) is 0.869. The molecule has 1 unspecified atom stereocenters. The van der Waals surface area contributed by atoms with E-state index in [2.05, 4.69) is 0 Å². The van der Waals surface area contributed by atoms with Gasteiger partial charge in [0.15, 0.2) is 0 Å². The third-order valence-corrected chi connectivity index (χ3v) is 5.23. The van der Waals surface area contributed by atoms with Gasteiger partial charge in [0.25, 0.3) is 0 Å². The standard InChI is InChI=1S/C15H21ClOS/c16-13-8-6-12(7-9-13)10-14(17)11-18-15-4-2-1-3-5-15/h6-9,14-15,17H,1-5,10-11H2. The monoisotopic (exact) mass is 284 g/mol. The van der Waals surface area contributed by atoms with Gasteiger partial charge in [0.1, 0.15) is 0 Å². The summed E-state index contributed by atoms with van der Waals surface area (Å²) in [5.74, 6) is 0.854. The summed E-state index contributed by atoms with van der Waals surface area (Å²) in [5, 5.41) is 11.6. The van der Waals surface area contributed by atoms with E-state index in [1.807, 2.05) is 36.0 Å². The molecule has 0 radical (unpaired) electrons. The van der Waals surface area contributed by atoms with Crippen molar-refractivity contribution in [3.05, 3.63) is 34.9 Å². The highest BCUT2D eigenvalue weighted by Gasteiger charge is 2.15. The van der Waals surface area contributed by atoms with E-state index >= 15 is 0 Å². The van der Waals surface area contributed by atoms with Crippen molar-refractivity contribution in [1.82, 2.24) is 0 Å². The minimum Gasteiger partial charge on any atom is -0.392 e. The smallest absolute Gasteiger partial charge is 0.0670 e. The van der Waals surface area contributed by atoms with E-state index < -0.39 is 0 Å². The van der Waals surface area contributed by atoms with Gasteiger partial charge in [-0.2, -0.15) is 11.8 Å². The van der Waals surface area contributed by atoms with Crippen molar-refractivity contribution < 1.29 is 5.11 Å². The van der Waals surface area contributed by atoms with Crippen LogP contribution in [0.3, 0.4) is 0 Å². The Balaban J connectivity index is 1.71. The Morgan fingerprint density at radius 3 is 2.50 bits per heavy atom. The average Bonchev–Trinajstić information content (AvgIpc) is 2.40. The minimum absolute atomic E-state index is 0.238. The molecule has 2 rings (SSSR count). The molecule has 0 heterocycles. The van der Waals surface area contributed by atoms with E-state index in [1.54, 1.807) is 0 Å². The number of aliphatic hydroxyl groups excluding tert-OH is 1. The Hall–Kier alpha value is -0.180. The van der Waals surface area contributed by atoms with Crippen LogP contribution in [-0.4, -0.2) is 22.2 Å². The van der Waals surface area contributed by atoms with Crippen LogP contribution in [0, 0.1) is 0 Å². The maximum atomic E-state index is 10.0. The second-order valence-electron chi connectivity index (χ2n) is 5.08. The van der Waals surface area contributed by atoms with E-state index in [1.165, 1.54) is 32.1 Å². The Kier molecular flexibility index (Phi) is 5.87. The van der Waals surface area contributed by atoms with Gasteiger partial charge < -0.3 is 5.11 Å². The highest BCUT2D eigenvalue weighted by molar-refractivity contribution is 7.99. The maximum Gasteiger partial charge on any atom is 0.0670 e. The highest BCUT2D eigenvalue weighted by Crippen LogP contribution is 2.28. The fourth-order valence-electron chi connectivity index (χ4n) is 2.43. The molecule has 1 aliphatic carbocycles. The number of benzene rings is 1. The summed E-state index contributed by atoms with van der Waals surface area (Å²) in [6, 6.07) is 7.77. The van der Waals surface area contributed by atoms with Crippen LogP contribution in [0.1, 0.15) is 37.7 Å².